The third-order valence-corrected chi connectivity index (χ3v) is 2.17. The lowest BCUT2D eigenvalue weighted by Gasteiger charge is -2.07. The fourth-order valence-electron chi connectivity index (χ4n) is 1.42. The first-order chi connectivity index (χ1) is 7.81. The highest BCUT2D eigenvalue weighted by atomic mass is 16.5. The summed E-state index contributed by atoms with van der Waals surface area (Å²) in [6, 6.07) is 5.38. The summed E-state index contributed by atoms with van der Waals surface area (Å²) < 4.78 is 6.61. The Balaban J connectivity index is 2.34. The van der Waals surface area contributed by atoms with Gasteiger partial charge in [0.15, 0.2) is 0 Å². The molecule has 0 unspecified atom stereocenters. The first-order valence-electron chi connectivity index (χ1n) is 4.80. The molecule has 0 spiro atoms. The Hall–Kier alpha value is -2.17. The minimum absolute atomic E-state index is 0.284. The van der Waals surface area contributed by atoms with Gasteiger partial charge in [-0.15, -0.1) is 0 Å². The molecule has 0 amide bonds. The van der Waals surface area contributed by atoms with Gasteiger partial charge in [0, 0.05) is 24.2 Å². The largest absolute Gasteiger partial charge is 0.481 e. The van der Waals surface area contributed by atoms with Crippen molar-refractivity contribution < 1.29 is 4.74 Å². The van der Waals surface area contributed by atoms with E-state index in [-0.39, 0.29) is 5.69 Å². The second-order valence-corrected chi connectivity index (χ2v) is 3.20. The summed E-state index contributed by atoms with van der Waals surface area (Å²) in [7, 11) is 1.55. The van der Waals surface area contributed by atoms with Crippen LogP contribution in [0.25, 0.3) is 0 Å². The average molecular weight is 217 g/mol. The molecule has 2 rings (SSSR count). The van der Waals surface area contributed by atoms with Crippen molar-refractivity contribution in [1.82, 2.24) is 14.5 Å². The fourth-order valence-corrected chi connectivity index (χ4v) is 1.42. The van der Waals surface area contributed by atoms with Crippen LogP contribution in [-0.4, -0.2) is 21.6 Å². The van der Waals surface area contributed by atoms with Crippen molar-refractivity contribution >= 4 is 0 Å². The van der Waals surface area contributed by atoms with Crippen LogP contribution in [-0.2, 0) is 6.54 Å². The third kappa shape index (κ3) is 2.08. The Kier molecular flexibility index (Phi) is 2.95. The highest BCUT2D eigenvalue weighted by molar-refractivity contribution is 5.25. The first kappa shape index (κ1) is 10.4. The average Bonchev–Trinajstić information content (AvgIpc) is 2.33. The van der Waals surface area contributed by atoms with Crippen molar-refractivity contribution in [3.8, 4) is 5.88 Å². The maximum Gasteiger partial charge on any atom is 0.347 e. The number of hydrogen-bond donors (Lipinski definition) is 0. The molecule has 0 aromatic carbocycles. The van der Waals surface area contributed by atoms with E-state index in [4.69, 9.17) is 4.74 Å². The van der Waals surface area contributed by atoms with E-state index in [1.165, 1.54) is 10.8 Å². The molecule has 5 heteroatoms. The van der Waals surface area contributed by atoms with Crippen LogP contribution in [0, 0.1) is 0 Å². The standard InChI is InChI=1S/C11H11N3O2/c1-16-10-9(4-2-5-12-10)8-14-7-3-6-13-11(14)15/h2-7H,8H2,1H3. The molecular formula is C11H11N3O2. The Bertz CT molecular complexity index is 537. The van der Waals surface area contributed by atoms with E-state index in [0.717, 1.165) is 5.56 Å². The van der Waals surface area contributed by atoms with Gasteiger partial charge in [-0.2, -0.15) is 0 Å². The van der Waals surface area contributed by atoms with Crippen molar-refractivity contribution in [3.63, 3.8) is 0 Å². The van der Waals surface area contributed by atoms with Gasteiger partial charge in [-0.05, 0) is 12.1 Å². The predicted octanol–water partition coefficient (Wildman–Crippen LogP) is 0.695. The molecule has 0 atom stereocenters. The number of pyridine rings is 1. The molecule has 16 heavy (non-hydrogen) atoms. The Morgan fingerprint density at radius 3 is 2.88 bits per heavy atom. The Morgan fingerprint density at radius 1 is 1.31 bits per heavy atom. The van der Waals surface area contributed by atoms with E-state index in [1.807, 2.05) is 6.07 Å². The smallest absolute Gasteiger partial charge is 0.347 e. The van der Waals surface area contributed by atoms with Gasteiger partial charge in [-0.25, -0.2) is 14.8 Å². The number of hydrogen-bond acceptors (Lipinski definition) is 4. The van der Waals surface area contributed by atoms with Gasteiger partial charge >= 0.3 is 5.69 Å². The molecule has 0 radical (unpaired) electrons. The summed E-state index contributed by atoms with van der Waals surface area (Å²) in [5, 5.41) is 0. The van der Waals surface area contributed by atoms with E-state index >= 15 is 0 Å². The number of aromatic nitrogens is 3. The molecular weight excluding hydrogens is 206 g/mol. The molecule has 5 nitrogen and oxygen atoms in total. The van der Waals surface area contributed by atoms with Crippen molar-refractivity contribution in [2.75, 3.05) is 7.11 Å². The SMILES string of the molecule is COc1ncccc1Cn1cccnc1=O. The highest BCUT2D eigenvalue weighted by Crippen LogP contribution is 2.13. The van der Waals surface area contributed by atoms with Gasteiger partial charge < -0.3 is 4.74 Å². The summed E-state index contributed by atoms with van der Waals surface area (Å²) in [5.74, 6) is 0.526. The molecule has 0 fully saturated rings. The lowest BCUT2D eigenvalue weighted by molar-refractivity contribution is 0.391. The first-order valence-corrected chi connectivity index (χ1v) is 4.80. The van der Waals surface area contributed by atoms with Crippen LogP contribution >= 0.6 is 0 Å². The van der Waals surface area contributed by atoms with Crippen LogP contribution in [0.1, 0.15) is 5.56 Å². The molecule has 0 N–H and O–H groups in total. The van der Waals surface area contributed by atoms with E-state index in [0.29, 0.717) is 12.4 Å². The molecule has 0 saturated carbocycles. The topological polar surface area (TPSA) is 57.0 Å². The molecule has 2 aromatic heterocycles. The molecule has 2 heterocycles. The van der Waals surface area contributed by atoms with Gasteiger partial charge in [0.1, 0.15) is 0 Å². The van der Waals surface area contributed by atoms with Crippen molar-refractivity contribution in [2.24, 2.45) is 0 Å². The summed E-state index contributed by atoms with van der Waals surface area (Å²) in [6.07, 6.45) is 4.80. The van der Waals surface area contributed by atoms with E-state index in [9.17, 15) is 4.79 Å². The van der Waals surface area contributed by atoms with E-state index in [2.05, 4.69) is 9.97 Å². The molecule has 0 saturated heterocycles. The summed E-state index contributed by atoms with van der Waals surface area (Å²) in [6.45, 7) is 0.406. The van der Waals surface area contributed by atoms with Gasteiger partial charge in [0.2, 0.25) is 5.88 Å². The lowest BCUT2D eigenvalue weighted by Crippen LogP contribution is -2.22. The van der Waals surface area contributed by atoms with Gasteiger partial charge in [0.25, 0.3) is 0 Å². The second kappa shape index (κ2) is 4.57. The van der Waals surface area contributed by atoms with Gasteiger partial charge in [-0.1, -0.05) is 6.07 Å². The zero-order valence-corrected chi connectivity index (χ0v) is 8.83. The van der Waals surface area contributed by atoms with Crippen LogP contribution in [0.15, 0.2) is 41.6 Å². The van der Waals surface area contributed by atoms with Crippen molar-refractivity contribution in [3.05, 3.63) is 52.8 Å². The second-order valence-electron chi connectivity index (χ2n) is 3.20. The molecule has 2 aromatic rings. The van der Waals surface area contributed by atoms with Crippen molar-refractivity contribution in [2.45, 2.75) is 6.54 Å². The number of methoxy groups -OCH3 is 1. The van der Waals surface area contributed by atoms with E-state index in [1.54, 1.807) is 31.6 Å². The quantitative estimate of drug-likeness (QED) is 0.759. The van der Waals surface area contributed by atoms with Crippen LogP contribution in [0.3, 0.4) is 0 Å². The monoisotopic (exact) mass is 217 g/mol. The fraction of sp³-hybridized carbons (Fsp3) is 0.182. The highest BCUT2D eigenvalue weighted by Gasteiger charge is 2.04. The number of ether oxygens (including phenoxy) is 1. The summed E-state index contributed by atoms with van der Waals surface area (Å²) >= 11 is 0. The van der Waals surface area contributed by atoms with Crippen LogP contribution in [0.2, 0.25) is 0 Å². The van der Waals surface area contributed by atoms with Crippen LogP contribution in [0.5, 0.6) is 5.88 Å². The number of nitrogens with zero attached hydrogens (tertiary/aromatic N) is 3. The van der Waals surface area contributed by atoms with Gasteiger partial charge in [0.05, 0.1) is 13.7 Å². The van der Waals surface area contributed by atoms with E-state index < -0.39 is 0 Å². The Labute approximate surface area is 92.4 Å². The molecule has 0 aliphatic carbocycles. The van der Waals surface area contributed by atoms with Crippen molar-refractivity contribution in [1.29, 1.82) is 0 Å². The summed E-state index contributed by atoms with van der Waals surface area (Å²) in [5.41, 5.74) is 0.563. The maximum absolute atomic E-state index is 11.4. The normalized spacial score (nSPS) is 10.1. The van der Waals surface area contributed by atoms with Crippen LogP contribution in [0.4, 0.5) is 0 Å². The minimum atomic E-state index is -0.284. The molecule has 82 valence electrons. The third-order valence-electron chi connectivity index (χ3n) is 2.17. The molecule has 0 aliphatic heterocycles. The zero-order chi connectivity index (χ0) is 11.4. The summed E-state index contributed by atoms with van der Waals surface area (Å²) in [4.78, 5) is 19.2. The zero-order valence-electron chi connectivity index (χ0n) is 8.83. The number of rotatable bonds is 3. The molecule has 0 aliphatic rings. The lowest BCUT2D eigenvalue weighted by atomic mass is 10.2. The Morgan fingerprint density at radius 2 is 2.12 bits per heavy atom. The predicted molar refractivity (Wildman–Crippen MR) is 58.4 cm³/mol. The maximum atomic E-state index is 11.4. The van der Waals surface area contributed by atoms with Gasteiger partial charge in [-0.3, -0.25) is 4.57 Å². The molecule has 0 bridgehead atoms. The minimum Gasteiger partial charge on any atom is -0.481 e. The van der Waals surface area contributed by atoms with Crippen LogP contribution < -0.4 is 10.4 Å².